The standard InChI is InChI=1S/C14H19NO2/c1-14(15,9-13(16)17)12-7-6-10-4-2-3-5-11(10)8-12/h6-8H,2-5,9,15H2,1H3,(H,16,17). The summed E-state index contributed by atoms with van der Waals surface area (Å²) in [7, 11) is 0. The number of hydrogen-bond donors (Lipinski definition) is 2. The molecule has 1 atom stereocenters. The zero-order chi connectivity index (χ0) is 12.5. The minimum absolute atomic E-state index is 0.0359. The summed E-state index contributed by atoms with van der Waals surface area (Å²) in [5.41, 5.74) is 8.98. The van der Waals surface area contributed by atoms with Gasteiger partial charge in [-0.25, -0.2) is 0 Å². The highest BCUT2D eigenvalue weighted by Crippen LogP contribution is 2.28. The Morgan fingerprint density at radius 3 is 2.65 bits per heavy atom. The Morgan fingerprint density at radius 2 is 2.00 bits per heavy atom. The van der Waals surface area contributed by atoms with Crippen LogP contribution < -0.4 is 5.73 Å². The van der Waals surface area contributed by atoms with E-state index in [0.29, 0.717) is 0 Å². The number of carboxylic acids is 1. The number of aliphatic carboxylic acids is 1. The van der Waals surface area contributed by atoms with E-state index in [9.17, 15) is 4.79 Å². The molecule has 17 heavy (non-hydrogen) atoms. The summed E-state index contributed by atoms with van der Waals surface area (Å²) in [5, 5.41) is 8.87. The lowest BCUT2D eigenvalue weighted by Crippen LogP contribution is -2.35. The minimum atomic E-state index is -0.854. The smallest absolute Gasteiger partial charge is 0.305 e. The van der Waals surface area contributed by atoms with Gasteiger partial charge >= 0.3 is 5.97 Å². The number of nitrogens with two attached hydrogens (primary N) is 1. The molecule has 3 N–H and O–H groups in total. The first-order chi connectivity index (χ1) is 7.99. The van der Waals surface area contributed by atoms with E-state index in [-0.39, 0.29) is 6.42 Å². The third-order valence-electron chi connectivity index (χ3n) is 3.53. The predicted octanol–water partition coefficient (Wildman–Crippen LogP) is 2.21. The second kappa shape index (κ2) is 4.49. The summed E-state index contributed by atoms with van der Waals surface area (Å²) in [6.07, 6.45) is 4.66. The zero-order valence-electron chi connectivity index (χ0n) is 10.2. The van der Waals surface area contributed by atoms with Gasteiger partial charge in [0.15, 0.2) is 0 Å². The highest BCUT2D eigenvalue weighted by molar-refractivity contribution is 5.68. The van der Waals surface area contributed by atoms with Crippen molar-refractivity contribution in [1.82, 2.24) is 0 Å². The Labute approximate surface area is 102 Å². The SMILES string of the molecule is CC(N)(CC(=O)O)c1ccc2c(c1)CCCC2. The molecule has 0 amide bonds. The summed E-state index contributed by atoms with van der Waals surface area (Å²) in [6.45, 7) is 1.78. The van der Waals surface area contributed by atoms with E-state index in [1.165, 1.54) is 24.0 Å². The summed E-state index contributed by atoms with van der Waals surface area (Å²) in [4.78, 5) is 10.8. The summed E-state index contributed by atoms with van der Waals surface area (Å²) in [6, 6.07) is 6.18. The molecule has 1 unspecified atom stereocenters. The van der Waals surface area contributed by atoms with Gasteiger partial charge in [-0.2, -0.15) is 0 Å². The van der Waals surface area contributed by atoms with Crippen LogP contribution in [0.4, 0.5) is 0 Å². The first-order valence-electron chi connectivity index (χ1n) is 6.12. The third-order valence-corrected chi connectivity index (χ3v) is 3.53. The monoisotopic (exact) mass is 233 g/mol. The fraction of sp³-hybridized carbons (Fsp3) is 0.500. The maximum absolute atomic E-state index is 10.8. The quantitative estimate of drug-likeness (QED) is 0.841. The lowest BCUT2D eigenvalue weighted by atomic mass is 9.84. The third kappa shape index (κ3) is 2.67. The first-order valence-corrected chi connectivity index (χ1v) is 6.12. The Kier molecular flexibility index (Phi) is 3.20. The van der Waals surface area contributed by atoms with E-state index in [4.69, 9.17) is 10.8 Å². The average molecular weight is 233 g/mol. The number of hydrogen-bond acceptors (Lipinski definition) is 2. The van der Waals surface area contributed by atoms with Crippen molar-refractivity contribution in [2.24, 2.45) is 5.73 Å². The largest absolute Gasteiger partial charge is 0.481 e. The minimum Gasteiger partial charge on any atom is -0.481 e. The maximum Gasteiger partial charge on any atom is 0.305 e. The van der Waals surface area contributed by atoms with Gasteiger partial charge in [-0.15, -0.1) is 0 Å². The molecule has 0 fully saturated rings. The van der Waals surface area contributed by atoms with Gasteiger partial charge in [0.25, 0.3) is 0 Å². The van der Waals surface area contributed by atoms with E-state index < -0.39 is 11.5 Å². The molecule has 1 aliphatic rings. The summed E-state index contributed by atoms with van der Waals surface area (Å²) < 4.78 is 0. The second-order valence-electron chi connectivity index (χ2n) is 5.18. The molecule has 0 saturated carbocycles. The van der Waals surface area contributed by atoms with Crippen molar-refractivity contribution in [2.75, 3.05) is 0 Å². The number of benzene rings is 1. The van der Waals surface area contributed by atoms with Crippen LogP contribution in [0.25, 0.3) is 0 Å². The van der Waals surface area contributed by atoms with E-state index >= 15 is 0 Å². The van der Waals surface area contributed by atoms with Crippen LogP contribution in [0.5, 0.6) is 0 Å². The van der Waals surface area contributed by atoms with E-state index in [2.05, 4.69) is 12.1 Å². The van der Waals surface area contributed by atoms with Crippen LogP contribution >= 0.6 is 0 Å². The lowest BCUT2D eigenvalue weighted by molar-refractivity contribution is -0.138. The Morgan fingerprint density at radius 1 is 1.35 bits per heavy atom. The Balaban J connectivity index is 2.30. The first kappa shape index (κ1) is 12.1. The molecule has 3 heteroatoms. The molecule has 1 aliphatic carbocycles. The fourth-order valence-corrected chi connectivity index (χ4v) is 2.50. The van der Waals surface area contributed by atoms with Crippen LogP contribution in [0, 0.1) is 0 Å². The molecular formula is C14H19NO2. The van der Waals surface area contributed by atoms with Crippen LogP contribution in [0.15, 0.2) is 18.2 Å². The molecule has 0 aliphatic heterocycles. The molecule has 3 nitrogen and oxygen atoms in total. The number of carbonyl (C=O) groups is 1. The summed E-state index contributed by atoms with van der Waals surface area (Å²) >= 11 is 0. The number of rotatable bonds is 3. The second-order valence-corrected chi connectivity index (χ2v) is 5.18. The summed E-state index contributed by atoms with van der Waals surface area (Å²) in [5.74, 6) is -0.854. The maximum atomic E-state index is 10.8. The van der Waals surface area contributed by atoms with Gasteiger partial charge in [-0.05, 0) is 49.3 Å². The molecule has 2 rings (SSSR count). The Bertz CT molecular complexity index is 438. The topological polar surface area (TPSA) is 63.3 Å². The van der Waals surface area contributed by atoms with Crippen molar-refractivity contribution < 1.29 is 9.90 Å². The van der Waals surface area contributed by atoms with Gasteiger partial charge in [-0.1, -0.05) is 18.2 Å². The van der Waals surface area contributed by atoms with Crippen LogP contribution in [-0.4, -0.2) is 11.1 Å². The van der Waals surface area contributed by atoms with Gasteiger partial charge in [-0.3, -0.25) is 4.79 Å². The van der Waals surface area contributed by atoms with Crippen molar-refractivity contribution in [1.29, 1.82) is 0 Å². The van der Waals surface area contributed by atoms with Crippen LogP contribution in [-0.2, 0) is 23.2 Å². The predicted molar refractivity (Wildman–Crippen MR) is 66.9 cm³/mol. The van der Waals surface area contributed by atoms with Gasteiger partial charge in [0, 0.05) is 5.54 Å². The molecule has 0 heterocycles. The van der Waals surface area contributed by atoms with E-state index in [1.54, 1.807) is 6.92 Å². The highest BCUT2D eigenvalue weighted by atomic mass is 16.4. The van der Waals surface area contributed by atoms with Crippen molar-refractivity contribution in [2.45, 2.75) is 44.6 Å². The van der Waals surface area contributed by atoms with Gasteiger partial charge < -0.3 is 10.8 Å². The van der Waals surface area contributed by atoms with E-state index in [0.717, 1.165) is 18.4 Å². The molecule has 0 bridgehead atoms. The molecule has 1 aromatic rings. The number of carboxylic acid groups (broad SMARTS) is 1. The van der Waals surface area contributed by atoms with Crippen molar-refractivity contribution in [3.63, 3.8) is 0 Å². The zero-order valence-corrected chi connectivity index (χ0v) is 10.2. The van der Waals surface area contributed by atoms with Gasteiger partial charge in [0.05, 0.1) is 6.42 Å². The molecule has 0 saturated heterocycles. The fourth-order valence-electron chi connectivity index (χ4n) is 2.50. The normalized spacial score (nSPS) is 18.2. The average Bonchev–Trinajstić information content (AvgIpc) is 2.26. The molecule has 0 aromatic heterocycles. The Hall–Kier alpha value is -1.35. The van der Waals surface area contributed by atoms with E-state index in [1.807, 2.05) is 6.07 Å². The van der Waals surface area contributed by atoms with Crippen LogP contribution in [0.2, 0.25) is 0 Å². The van der Waals surface area contributed by atoms with Crippen molar-refractivity contribution in [3.8, 4) is 0 Å². The molecule has 0 spiro atoms. The number of fused-ring (bicyclic) bond motifs is 1. The van der Waals surface area contributed by atoms with Crippen LogP contribution in [0.3, 0.4) is 0 Å². The lowest BCUT2D eigenvalue weighted by Gasteiger charge is -2.26. The molecular weight excluding hydrogens is 214 g/mol. The molecule has 92 valence electrons. The van der Waals surface area contributed by atoms with Gasteiger partial charge in [0.2, 0.25) is 0 Å². The number of aryl methyl sites for hydroxylation is 2. The van der Waals surface area contributed by atoms with Crippen molar-refractivity contribution >= 4 is 5.97 Å². The highest BCUT2D eigenvalue weighted by Gasteiger charge is 2.25. The van der Waals surface area contributed by atoms with Crippen LogP contribution in [0.1, 0.15) is 42.9 Å². The molecule has 0 radical (unpaired) electrons. The molecule has 1 aromatic carbocycles. The van der Waals surface area contributed by atoms with Gasteiger partial charge in [0.1, 0.15) is 0 Å². The van der Waals surface area contributed by atoms with Crippen molar-refractivity contribution in [3.05, 3.63) is 34.9 Å².